The lowest BCUT2D eigenvalue weighted by Crippen LogP contribution is -2.36. The van der Waals surface area contributed by atoms with Crippen molar-refractivity contribution in [3.8, 4) is 11.5 Å². The lowest BCUT2D eigenvalue weighted by molar-refractivity contribution is -0.133. The summed E-state index contributed by atoms with van der Waals surface area (Å²) in [4.78, 5) is 24.3. The minimum absolute atomic E-state index is 0.0658. The molecule has 33 heavy (non-hydrogen) atoms. The SMILES string of the molecule is CCC(=O)Nc1ccc(CN2N=C(c3ccc(OC(F)F)c(OC)c3)C(CC)CC2=O)cc1. The number of halogens is 2. The first-order chi connectivity index (χ1) is 15.8. The number of carbonyl (C=O) groups excluding carboxylic acids is 2. The van der Waals surface area contributed by atoms with Crippen molar-refractivity contribution in [1.82, 2.24) is 5.01 Å². The maximum absolute atomic E-state index is 12.7. The molecule has 1 atom stereocenters. The number of alkyl halides is 2. The van der Waals surface area contributed by atoms with E-state index in [-0.39, 0.29) is 42.2 Å². The quantitative estimate of drug-likeness (QED) is 0.584. The number of rotatable bonds is 9. The van der Waals surface area contributed by atoms with E-state index in [2.05, 4.69) is 15.2 Å². The van der Waals surface area contributed by atoms with Crippen LogP contribution in [0.4, 0.5) is 14.5 Å². The Balaban J connectivity index is 1.85. The summed E-state index contributed by atoms with van der Waals surface area (Å²) >= 11 is 0. The maximum atomic E-state index is 12.7. The van der Waals surface area contributed by atoms with Crippen molar-refractivity contribution >= 4 is 23.2 Å². The summed E-state index contributed by atoms with van der Waals surface area (Å²) in [5, 5.41) is 8.81. The predicted octanol–water partition coefficient (Wildman–Crippen LogP) is 4.81. The highest BCUT2D eigenvalue weighted by atomic mass is 19.3. The fourth-order valence-corrected chi connectivity index (χ4v) is 3.57. The van der Waals surface area contributed by atoms with Crippen LogP contribution in [0.3, 0.4) is 0 Å². The molecular formula is C24H27F2N3O4. The molecule has 1 aliphatic heterocycles. The van der Waals surface area contributed by atoms with Crippen molar-refractivity contribution in [2.24, 2.45) is 11.0 Å². The lowest BCUT2D eigenvalue weighted by atomic mass is 9.89. The Bertz CT molecular complexity index is 1020. The van der Waals surface area contributed by atoms with Gasteiger partial charge in [-0.05, 0) is 42.3 Å². The Hall–Kier alpha value is -3.49. The van der Waals surface area contributed by atoms with Crippen LogP contribution in [0.5, 0.6) is 11.5 Å². The summed E-state index contributed by atoms with van der Waals surface area (Å²) in [5.74, 6) is -0.179. The smallest absolute Gasteiger partial charge is 0.387 e. The molecule has 0 aromatic heterocycles. The van der Waals surface area contributed by atoms with Gasteiger partial charge >= 0.3 is 6.61 Å². The molecule has 9 heteroatoms. The van der Waals surface area contributed by atoms with E-state index in [4.69, 9.17) is 4.74 Å². The van der Waals surface area contributed by atoms with E-state index in [1.807, 2.05) is 19.1 Å². The molecule has 1 aliphatic rings. The van der Waals surface area contributed by atoms with E-state index < -0.39 is 6.61 Å². The normalized spacial score (nSPS) is 15.9. The zero-order valence-corrected chi connectivity index (χ0v) is 18.8. The van der Waals surface area contributed by atoms with Crippen molar-refractivity contribution in [3.05, 3.63) is 53.6 Å². The van der Waals surface area contributed by atoms with Gasteiger partial charge in [-0.15, -0.1) is 0 Å². The summed E-state index contributed by atoms with van der Waals surface area (Å²) in [7, 11) is 1.37. The molecule has 0 saturated carbocycles. The zero-order chi connectivity index (χ0) is 24.0. The van der Waals surface area contributed by atoms with Gasteiger partial charge in [0.25, 0.3) is 0 Å². The van der Waals surface area contributed by atoms with Crippen molar-refractivity contribution in [2.75, 3.05) is 12.4 Å². The van der Waals surface area contributed by atoms with Crippen molar-refractivity contribution < 1.29 is 27.8 Å². The highest BCUT2D eigenvalue weighted by Gasteiger charge is 2.30. The number of amides is 2. The Morgan fingerprint density at radius 1 is 1.18 bits per heavy atom. The Kier molecular flexibility index (Phi) is 7.97. The highest BCUT2D eigenvalue weighted by molar-refractivity contribution is 6.06. The number of nitrogens with one attached hydrogen (secondary N) is 1. The molecule has 3 rings (SSSR count). The molecule has 0 spiro atoms. The average molecular weight is 459 g/mol. The maximum Gasteiger partial charge on any atom is 0.387 e. The van der Waals surface area contributed by atoms with Gasteiger partial charge in [-0.25, -0.2) is 5.01 Å². The molecular weight excluding hydrogens is 432 g/mol. The second-order valence-corrected chi connectivity index (χ2v) is 7.59. The monoisotopic (exact) mass is 459 g/mol. The van der Waals surface area contributed by atoms with Crippen LogP contribution in [-0.4, -0.2) is 36.3 Å². The fourth-order valence-electron chi connectivity index (χ4n) is 3.57. The Morgan fingerprint density at radius 3 is 2.52 bits per heavy atom. The molecule has 0 radical (unpaired) electrons. The van der Waals surface area contributed by atoms with Crippen molar-refractivity contribution in [2.45, 2.75) is 46.3 Å². The molecule has 176 valence electrons. The number of ether oxygens (including phenoxy) is 2. The molecule has 0 fully saturated rings. The van der Waals surface area contributed by atoms with E-state index >= 15 is 0 Å². The highest BCUT2D eigenvalue weighted by Crippen LogP contribution is 2.33. The van der Waals surface area contributed by atoms with Gasteiger partial charge in [0, 0.05) is 30.0 Å². The number of hydrogen-bond donors (Lipinski definition) is 1. The van der Waals surface area contributed by atoms with Gasteiger partial charge in [-0.1, -0.05) is 26.0 Å². The molecule has 1 N–H and O–H groups in total. The molecule has 2 aromatic carbocycles. The number of anilines is 1. The van der Waals surface area contributed by atoms with Crippen LogP contribution in [0.1, 0.15) is 44.2 Å². The lowest BCUT2D eigenvalue weighted by Gasteiger charge is -2.29. The third-order valence-corrected chi connectivity index (χ3v) is 5.38. The largest absolute Gasteiger partial charge is 0.493 e. The van der Waals surface area contributed by atoms with Crippen molar-refractivity contribution in [3.63, 3.8) is 0 Å². The van der Waals surface area contributed by atoms with Gasteiger partial charge in [-0.3, -0.25) is 9.59 Å². The molecule has 1 heterocycles. The molecule has 0 saturated heterocycles. The van der Waals surface area contributed by atoms with Gasteiger partial charge < -0.3 is 14.8 Å². The average Bonchev–Trinajstić information content (AvgIpc) is 2.81. The number of benzene rings is 2. The topological polar surface area (TPSA) is 80.2 Å². The van der Waals surface area contributed by atoms with Gasteiger partial charge in [0.05, 0.1) is 19.4 Å². The number of nitrogens with zero attached hydrogens (tertiary/aromatic N) is 2. The predicted molar refractivity (Wildman–Crippen MR) is 120 cm³/mol. The Labute approximate surface area is 191 Å². The van der Waals surface area contributed by atoms with E-state index in [1.54, 1.807) is 31.2 Å². The molecule has 2 amide bonds. The summed E-state index contributed by atoms with van der Waals surface area (Å²) in [5.41, 5.74) is 2.90. The second-order valence-electron chi connectivity index (χ2n) is 7.59. The summed E-state index contributed by atoms with van der Waals surface area (Å²) in [6, 6.07) is 11.9. The summed E-state index contributed by atoms with van der Waals surface area (Å²) < 4.78 is 35.0. The van der Waals surface area contributed by atoms with Crippen LogP contribution >= 0.6 is 0 Å². The molecule has 0 bridgehead atoms. The summed E-state index contributed by atoms with van der Waals surface area (Å²) in [6.07, 6.45) is 1.37. The number of methoxy groups -OCH3 is 1. The van der Waals surface area contributed by atoms with Crippen LogP contribution in [0, 0.1) is 5.92 Å². The first-order valence-corrected chi connectivity index (χ1v) is 10.7. The molecule has 7 nitrogen and oxygen atoms in total. The Morgan fingerprint density at radius 2 is 1.91 bits per heavy atom. The summed E-state index contributed by atoms with van der Waals surface area (Å²) in [6.45, 7) is 1.05. The van der Waals surface area contributed by atoms with E-state index in [0.717, 1.165) is 5.56 Å². The van der Waals surface area contributed by atoms with Gasteiger partial charge in [0.2, 0.25) is 11.8 Å². The zero-order valence-electron chi connectivity index (χ0n) is 18.8. The van der Waals surface area contributed by atoms with Crippen LogP contribution in [0.25, 0.3) is 0 Å². The molecule has 2 aromatic rings. The number of carbonyl (C=O) groups is 2. The van der Waals surface area contributed by atoms with Gasteiger partial charge in [0.1, 0.15) is 0 Å². The van der Waals surface area contributed by atoms with Gasteiger partial charge in [0.15, 0.2) is 11.5 Å². The van der Waals surface area contributed by atoms with Gasteiger partial charge in [-0.2, -0.15) is 13.9 Å². The number of hydrazone groups is 1. The number of hydrogen-bond acceptors (Lipinski definition) is 5. The molecule has 0 aliphatic carbocycles. The molecule has 1 unspecified atom stereocenters. The van der Waals surface area contributed by atoms with Crippen LogP contribution in [0.2, 0.25) is 0 Å². The van der Waals surface area contributed by atoms with Crippen molar-refractivity contribution in [1.29, 1.82) is 0 Å². The first kappa shape index (κ1) is 24.2. The van der Waals surface area contributed by atoms with E-state index in [1.165, 1.54) is 18.2 Å². The minimum Gasteiger partial charge on any atom is -0.493 e. The minimum atomic E-state index is -2.96. The third-order valence-electron chi connectivity index (χ3n) is 5.38. The second kappa shape index (κ2) is 10.9. The van der Waals surface area contributed by atoms with Crippen LogP contribution < -0.4 is 14.8 Å². The third kappa shape index (κ3) is 6.06. The van der Waals surface area contributed by atoms with Crippen LogP contribution in [0.15, 0.2) is 47.6 Å². The van der Waals surface area contributed by atoms with Crippen LogP contribution in [-0.2, 0) is 16.1 Å². The first-order valence-electron chi connectivity index (χ1n) is 10.7. The fraction of sp³-hybridized carbons (Fsp3) is 0.375. The van der Waals surface area contributed by atoms with E-state index in [0.29, 0.717) is 29.8 Å². The standard InChI is InChI=1S/C24H27F2N3O4/c1-4-16-13-22(31)29(14-15-6-9-18(10-7-15)27-21(30)5-2)28-23(16)17-8-11-19(33-24(25)26)20(12-17)32-3/h6-12,16,24H,4-5,13-14H2,1-3H3,(H,27,30). The van der Waals surface area contributed by atoms with E-state index in [9.17, 15) is 18.4 Å².